The van der Waals surface area contributed by atoms with Crippen LogP contribution in [0.1, 0.15) is 48.7 Å². The molecule has 2 unspecified atom stereocenters. The number of anilines is 1. The predicted octanol–water partition coefficient (Wildman–Crippen LogP) is 3.22. The van der Waals surface area contributed by atoms with Gasteiger partial charge in [-0.1, -0.05) is 0 Å². The van der Waals surface area contributed by atoms with E-state index in [0.29, 0.717) is 32.1 Å². The molecule has 0 aromatic carbocycles. The monoisotopic (exact) mass is 509 g/mol. The van der Waals surface area contributed by atoms with Gasteiger partial charge in [0.15, 0.2) is 11.5 Å². The van der Waals surface area contributed by atoms with Crippen LogP contribution >= 0.6 is 11.3 Å². The lowest BCUT2D eigenvalue weighted by atomic mass is 10.1. The Morgan fingerprint density at radius 1 is 1.18 bits per heavy atom. The number of halogens is 4. The van der Waals surface area contributed by atoms with Gasteiger partial charge in [-0.15, -0.1) is 11.3 Å². The van der Waals surface area contributed by atoms with Gasteiger partial charge in [0.25, 0.3) is 0 Å². The maximum atomic E-state index is 14.6. The van der Waals surface area contributed by atoms with E-state index in [2.05, 4.69) is 20.3 Å². The van der Waals surface area contributed by atoms with Gasteiger partial charge in [-0.2, -0.15) is 13.2 Å². The molecule has 2 atom stereocenters. The summed E-state index contributed by atoms with van der Waals surface area (Å²) in [7, 11) is -3.30. The maximum Gasteiger partial charge on any atom is 0.434 e. The molecule has 182 valence electrons. The summed E-state index contributed by atoms with van der Waals surface area (Å²) in [5.74, 6) is -1.36. The van der Waals surface area contributed by atoms with E-state index in [-0.39, 0.29) is 36.0 Å². The highest BCUT2D eigenvalue weighted by Gasteiger charge is 2.41. The topological polar surface area (TPSA) is 108 Å². The van der Waals surface area contributed by atoms with Crippen LogP contribution in [0.5, 0.6) is 0 Å². The van der Waals surface area contributed by atoms with Gasteiger partial charge in [-0.05, 0) is 32.1 Å². The van der Waals surface area contributed by atoms with Crippen molar-refractivity contribution >= 4 is 27.3 Å². The Morgan fingerprint density at radius 2 is 1.88 bits per heavy atom. The Morgan fingerprint density at radius 3 is 2.45 bits per heavy atom. The van der Waals surface area contributed by atoms with Gasteiger partial charge >= 0.3 is 6.18 Å². The van der Waals surface area contributed by atoms with Crippen molar-refractivity contribution in [1.29, 1.82) is 0 Å². The first kappa shape index (κ1) is 24.2. The third-order valence-corrected chi connectivity index (χ3v) is 8.41. The summed E-state index contributed by atoms with van der Waals surface area (Å²) < 4.78 is 80.3. The number of piperidine rings is 1. The Kier molecular flexibility index (Phi) is 6.64. The highest BCUT2D eigenvalue weighted by Crippen LogP contribution is 2.45. The quantitative estimate of drug-likeness (QED) is 0.596. The Balaban J connectivity index is 1.59. The number of alkyl halides is 3. The zero-order valence-corrected chi connectivity index (χ0v) is 19.3. The van der Waals surface area contributed by atoms with Crippen molar-refractivity contribution in [1.82, 2.24) is 19.3 Å². The summed E-state index contributed by atoms with van der Waals surface area (Å²) in [4.78, 5) is 11.2. The third kappa shape index (κ3) is 5.44. The van der Waals surface area contributed by atoms with E-state index in [0.717, 1.165) is 23.8 Å². The number of nitrogens with zero attached hydrogens (tertiary/aromatic N) is 4. The average Bonchev–Trinajstić information content (AvgIpc) is 3.35. The summed E-state index contributed by atoms with van der Waals surface area (Å²) in [5.41, 5.74) is -1.69. The van der Waals surface area contributed by atoms with Gasteiger partial charge in [0.05, 0.1) is 28.4 Å². The van der Waals surface area contributed by atoms with Gasteiger partial charge in [-0.25, -0.2) is 32.1 Å². The molecule has 2 fully saturated rings. The molecule has 0 bridgehead atoms. The maximum absolute atomic E-state index is 14.6. The van der Waals surface area contributed by atoms with Crippen molar-refractivity contribution < 1.29 is 31.1 Å². The molecule has 0 spiro atoms. The Hall–Kier alpha value is -1.90. The minimum Gasteiger partial charge on any atom is -0.393 e. The van der Waals surface area contributed by atoms with Crippen LogP contribution < -0.4 is 5.32 Å². The molecule has 1 saturated carbocycles. The van der Waals surface area contributed by atoms with Gasteiger partial charge in [-0.3, -0.25) is 0 Å². The third-order valence-electron chi connectivity index (χ3n) is 5.88. The number of hydrogen-bond acceptors (Lipinski definition) is 8. The number of aromatic nitrogens is 3. The molecule has 33 heavy (non-hydrogen) atoms. The minimum absolute atomic E-state index is 0.0384. The van der Waals surface area contributed by atoms with Gasteiger partial charge in [0.2, 0.25) is 16.0 Å². The summed E-state index contributed by atoms with van der Waals surface area (Å²) in [6.07, 6.45) is -1.24. The molecule has 14 heteroatoms. The first-order chi connectivity index (χ1) is 15.4. The molecule has 2 aromatic heterocycles. The second-order valence-electron chi connectivity index (χ2n) is 8.36. The van der Waals surface area contributed by atoms with E-state index in [1.807, 2.05) is 0 Å². The van der Waals surface area contributed by atoms with Crippen LogP contribution in [0.4, 0.5) is 23.5 Å². The van der Waals surface area contributed by atoms with Crippen molar-refractivity contribution in [2.75, 3.05) is 24.7 Å². The van der Waals surface area contributed by atoms with E-state index in [9.17, 15) is 31.1 Å². The smallest absolute Gasteiger partial charge is 0.393 e. The first-order valence-electron chi connectivity index (χ1n) is 10.4. The second kappa shape index (κ2) is 9.04. The molecule has 8 nitrogen and oxygen atoms in total. The lowest BCUT2D eigenvalue weighted by molar-refractivity contribution is -0.140. The van der Waals surface area contributed by atoms with E-state index in [1.54, 1.807) is 0 Å². The number of rotatable bonds is 5. The Labute approximate surface area is 192 Å². The van der Waals surface area contributed by atoms with E-state index in [4.69, 9.17) is 0 Å². The lowest BCUT2D eigenvalue weighted by Gasteiger charge is -2.30. The van der Waals surface area contributed by atoms with Crippen molar-refractivity contribution in [2.24, 2.45) is 0 Å². The van der Waals surface area contributed by atoms with Crippen LogP contribution in [0.25, 0.3) is 10.6 Å². The fraction of sp³-hybridized carbons (Fsp3) is 0.632. The van der Waals surface area contributed by atoms with Crippen LogP contribution in [0.2, 0.25) is 0 Å². The molecule has 2 aliphatic rings. The fourth-order valence-corrected chi connectivity index (χ4v) is 6.25. The van der Waals surface area contributed by atoms with Gasteiger partial charge < -0.3 is 10.4 Å². The standard InChI is InChI=1S/C19H23F4N5O3S2/c1-33(30,31)28-6-4-11(5-7-28)25-18-24-9-13(20)14(26-18)15-16(19(21,22)23)27-17(32-15)10-2-3-12(29)8-10/h9-12,29H,2-8H2,1H3,(H,24,25,26). The highest BCUT2D eigenvalue weighted by atomic mass is 32.2. The van der Waals surface area contributed by atoms with Crippen LogP contribution in [-0.4, -0.2) is 64.3 Å². The fourth-order valence-electron chi connectivity index (χ4n) is 4.16. The molecule has 1 aliphatic heterocycles. The van der Waals surface area contributed by atoms with Crippen LogP contribution in [0, 0.1) is 5.82 Å². The average molecular weight is 510 g/mol. The number of thiazole rings is 1. The molecule has 2 aromatic rings. The molecular weight excluding hydrogens is 486 g/mol. The van der Waals surface area contributed by atoms with E-state index in [1.165, 1.54) is 4.31 Å². The summed E-state index contributed by atoms with van der Waals surface area (Å²) in [6.45, 7) is 0.572. The van der Waals surface area contributed by atoms with Gasteiger partial charge in [0, 0.05) is 25.0 Å². The van der Waals surface area contributed by atoms with Crippen molar-refractivity contribution in [3.8, 4) is 10.6 Å². The zero-order chi connectivity index (χ0) is 24.0. The first-order valence-corrected chi connectivity index (χ1v) is 13.1. The molecule has 3 heterocycles. The highest BCUT2D eigenvalue weighted by molar-refractivity contribution is 7.88. The van der Waals surface area contributed by atoms with E-state index < -0.39 is 44.4 Å². The summed E-state index contributed by atoms with van der Waals surface area (Å²) in [6, 6.07) is -0.208. The lowest BCUT2D eigenvalue weighted by Crippen LogP contribution is -2.42. The molecule has 2 N–H and O–H groups in total. The molecule has 1 aliphatic carbocycles. The molecule has 0 amide bonds. The predicted molar refractivity (Wildman–Crippen MR) is 114 cm³/mol. The van der Waals surface area contributed by atoms with Crippen molar-refractivity contribution in [3.63, 3.8) is 0 Å². The summed E-state index contributed by atoms with van der Waals surface area (Å²) in [5, 5.41) is 12.9. The van der Waals surface area contributed by atoms with Crippen molar-refractivity contribution in [2.45, 2.75) is 56.3 Å². The normalized spacial score (nSPS) is 23.2. The van der Waals surface area contributed by atoms with E-state index >= 15 is 0 Å². The number of aliphatic hydroxyl groups excluding tert-OH is 1. The molecule has 0 radical (unpaired) electrons. The number of sulfonamides is 1. The summed E-state index contributed by atoms with van der Waals surface area (Å²) >= 11 is 0.737. The molecule has 4 rings (SSSR count). The molecule has 1 saturated heterocycles. The largest absolute Gasteiger partial charge is 0.434 e. The van der Waals surface area contributed by atoms with Crippen LogP contribution in [0.15, 0.2) is 6.20 Å². The minimum atomic E-state index is -4.80. The number of nitrogens with one attached hydrogen (secondary N) is 1. The second-order valence-corrected chi connectivity index (χ2v) is 11.4. The van der Waals surface area contributed by atoms with Crippen molar-refractivity contribution in [3.05, 3.63) is 22.7 Å². The number of hydrogen-bond donors (Lipinski definition) is 2. The number of aliphatic hydroxyl groups is 1. The van der Waals surface area contributed by atoms with Gasteiger partial charge in [0.1, 0.15) is 5.69 Å². The Bertz CT molecular complexity index is 1120. The SMILES string of the molecule is CS(=O)(=O)N1CCC(Nc2ncc(F)c(-c3sc(C4CCC(O)C4)nc3C(F)(F)F)n2)CC1. The van der Waals surface area contributed by atoms with Crippen LogP contribution in [0.3, 0.4) is 0 Å². The molecular formula is C19H23F4N5O3S2. The zero-order valence-electron chi connectivity index (χ0n) is 17.6. The van der Waals surface area contributed by atoms with Crippen LogP contribution in [-0.2, 0) is 16.2 Å².